The topological polar surface area (TPSA) is 106 Å². The summed E-state index contributed by atoms with van der Waals surface area (Å²) < 4.78 is 38.4. The SMILES string of the molecule is Nc1csc(NN=Cc2cccc(C(F)(F)F)c2[N+](=O)[O-])n1. The second-order valence-corrected chi connectivity index (χ2v) is 4.80. The third kappa shape index (κ3) is 3.49. The quantitative estimate of drug-likeness (QED) is 0.508. The van der Waals surface area contributed by atoms with Crippen LogP contribution in [0.3, 0.4) is 0 Å². The molecule has 0 aliphatic rings. The maximum absolute atomic E-state index is 12.8. The second-order valence-electron chi connectivity index (χ2n) is 3.95. The highest BCUT2D eigenvalue weighted by molar-refractivity contribution is 7.14. The normalized spacial score (nSPS) is 11.8. The van der Waals surface area contributed by atoms with Gasteiger partial charge in [-0.25, -0.2) is 4.98 Å². The number of rotatable bonds is 4. The summed E-state index contributed by atoms with van der Waals surface area (Å²) in [6.07, 6.45) is -3.91. The number of nitrogen functional groups attached to an aromatic ring is 1. The molecule has 0 saturated heterocycles. The van der Waals surface area contributed by atoms with E-state index in [4.69, 9.17) is 5.73 Å². The molecule has 0 aliphatic heterocycles. The van der Waals surface area contributed by atoms with Crippen molar-refractivity contribution in [3.05, 3.63) is 44.8 Å². The molecule has 0 saturated carbocycles. The number of para-hydroxylation sites is 1. The van der Waals surface area contributed by atoms with E-state index in [1.807, 2.05) is 0 Å². The first-order chi connectivity index (χ1) is 10.3. The fourth-order valence-corrected chi connectivity index (χ4v) is 2.14. The van der Waals surface area contributed by atoms with Crippen LogP contribution < -0.4 is 11.2 Å². The van der Waals surface area contributed by atoms with Gasteiger partial charge in [0.1, 0.15) is 11.4 Å². The van der Waals surface area contributed by atoms with E-state index in [0.29, 0.717) is 11.2 Å². The van der Waals surface area contributed by atoms with Crippen molar-refractivity contribution in [2.45, 2.75) is 6.18 Å². The molecule has 0 unspecified atom stereocenters. The molecule has 1 heterocycles. The minimum atomic E-state index is -4.83. The minimum absolute atomic E-state index is 0.257. The first kappa shape index (κ1) is 15.7. The van der Waals surface area contributed by atoms with E-state index in [2.05, 4.69) is 15.5 Å². The van der Waals surface area contributed by atoms with Gasteiger partial charge < -0.3 is 5.73 Å². The van der Waals surface area contributed by atoms with Gasteiger partial charge in [0.15, 0.2) is 0 Å². The van der Waals surface area contributed by atoms with Crippen molar-refractivity contribution in [1.29, 1.82) is 0 Å². The maximum atomic E-state index is 12.8. The Kier molecular flexibility index (Phi) is 4.26. The van der Waals surface area contributed by atoms with Crippen LogP contribution >= 0.6 is 11.3 Å². The van der Waals surface area contributed by atoms with E-state index in [1.54, 1.807) is 0 Å². The molecule has 2 rings (SSSR count). The molecular weight excluding hydrogens is 323 g/mol. The van der Waals surface area contributed by atoms with Gasteiger partial charge in [-0.05, 0) is 12.1 Å². The zero-order chi connectivity index (χ0) is 16.3. The summed E-state index contributed by atoms with van der Waals surface area (Å²) in [4.78, 5) is 13.6. The van der Waals surface area contributed by atoms with E-state index in [-0.39, 0.29) is 11.4 Å². The summed E-state index contributed by atoms with van der Waals surface area (Å²) in [6.45, 7) is 0. The van der Waals surface area contributed by atoms with Crippen LogP contribution in [0.15, 0.2) is 28.7 Å². The van der Waals surface area contributed by atoms with Gasteiger partial charge in [0, 0.05) is 5.38 Å². The number of hydrazone groups is 1. The molecule has 0 radical (unpaired) electrons. The lowest BCUT2D eigenvalue weighted by atomic mass is 10.1. The highest BCUT2D eigenvalue weighted by atomic mass is 32.1. The smallest absolute Gasteiger partial charge is 0.383 e. The molecule has 11 heteroatoms. The Morgan fingerprint density at radius 2 is 2.18 bits per heavy atom. The predicted molar refractivity (Wildman–Crippen MR) is 75.8 cm³/mol. The van der Waals surface area contributed by atoms with E-state index in [1.165, 1.54) is 5.38 Å². The van der Waals surface area contributed by atoms with E-state index in [0.717, 1.165) is 29.7 Å². The average molecular weight is 331 g/mol. The van der Waals surface area contributed by atoms with Crippen LogP contribution in [0.4, 0.5) is 29.8 Å². The molecule has 116 valence electrons. The highest BCUT2D eigenvalue weighted by Gasteiger charge is 2.39. The number of anilines is 2. The van der Waals surface area contributed by atoms with Gasteiger partial charge in [0.25, 0.3) is 5.69 Å². The standard InChI is InChI=1S/C11H8F3N5O2S/c12-11(13,14)7-3-1-2-6(9(7)19(20)21)4-16-18-10-17-8(15)5-22-10/h1-5H,15H2,(H,17,18). The number of nitrogens with two attached hydrogens (primary N) is 1. The summed E-state index contributed by atoms with van der Waals surface area (Å²) >= 11 is 1.13. The molecule has 0 atom stereocenters. The molecule has 0 aliphatic carbocycles. The monoisotopic (exact) mass is 331 g/mol. The van der Waals surface area contributed by atoms with Crippen molar-refractivity contribution < 1.29 is 18.1 Å². The molecule has 0 fully saturated rings. The van der Waals surface area contributed by atoms with Crippen LogP contribution in [0.25, 0.3) is 0 Å². The van der Waals surface area contributed by atoms with Crippen LogP contribution in [0, 0.1) is 10.1 Å². The average Bonchev–Trinajstić information content (AvgIpc) is 2.83. The van der Waals surface area contributed by atoms with Crippen LogP contribution in [0.2, 0.25) is 0 Å². The number of aromatic nitrogens is 1. The van der Waals surface area contributed by atoms with Crippen LogP contribution in [-0.2, 0) is 6.18 Å². The Labute approximate surface area is 125 Å². The summed E-state index contributed by atoms with van der Waals surface area (Å²) in [5.41, 5.74) is 5.15. The number of alkyl halides is 3. The van der Waals surface area contributed by atoms with Gasteiger partial charge in [-0.15, -0.1) is 11.3 Å². The van der Waals surface area contributed by atoms with Crippen LogP contribution in [-0.4, -0.2) is 16.1 Å². The Bertz CT molecular complexity index is 729. The molecule has 0 bridgehead atoms. The Morgan fingerprint density at radius 3 is 2.73 bits per heavy atom. The number of hydrogen-bond donors (Lipinski definition) is 2. The number of benzene rings is 1. The van der Waals surface area contributed by atoms with Crippen molar-refractivity contribution in [3.8, 4) is 0 Å². The van der Waals surface area contributed by atoms with E-state index in [9.17, 15) is 23.3 Å². The zero-order valence-corrected chi connectivity index (χ0v) is 11.5. The third-order valence-electron chi connectivity index (χ3n) is 2.44. The van der Waals surface area contributed by atoms with Gasteiger partial charge in [-0.3, -0.25) is 15.5 Å². The molecule has 7 nitrogen and oxygen atoms in total. The number of nitrogens with one attached hydrogen (secondary N) is 1. The molecule has 22 heavy (non-hydrogen) atoms. The number of thiazole rings is 1. The lowest BCUT2D eigenvalue weighted by Crippen LogP contribution is -2.10. The number of hydrogen-bond acceptors (Lipinski definition) is 7. The van der Waals surface area contributed by atoms with Gasteiger partial charge in [-0.1, -0.05) is 6.07 Å². The first-order valence-electron chi connectivity index (χ1n) is 5.63. The molecular formula is C11H8F3N5O2S. The fourth-order valence-electron chi connectivity index (χ4n) is 1.59. The van der Waals surface area contributed by atoms with Crippen LogP contribution in [0.5, 0.6) is 0 Å². The zero-order valence-electron chi connectivity index (χ0n) is 10.7. The first-order valence-corrected chi connectivity index (χ1v) is 6.51. The van der Waals surface area contributed by atoms with Gasteiger partial charge in [0.05, 0.1) is 16.7 Å². The van der Waals surface area contributed by atoms with Crippen LogP contribution in [0.1, 0.15) is 11.1 Å². The Morgan fingerprint density at radius 1 is 1.45 bits per heavy atom. The molecule has 0 spiro atoms. The number of nitro groups is 1. The Balaban J connectivity index is 2.32. The van der Waals surface area contributed by atoms with Crippen molar-refractivity contribution >= 4 is 34.2 Å². The highest BCUT2D eigenvalue weighted by Crippen LogP contribution is 2.37. The minimum Gasteiger partial charge on any atom is -0.383 e. The third-order valence-corrected chi connectivity index (χ3v) is 3.21. The lowest BCUT2D eigenvalue weighted by molar-refractivity contribution is -0.388. The lowest BCUT2D eigenvalue weighted by Gasteiger charge is -2.08. The summed E-state index contributed by atoms with van der Waals surface area (Å²) in [5.74, 6) is 0.257. The van der Waals surface area contributed by atoms with Crippen molar-refractivity contribution in [1.82, 2.24) is 4.98 Å². The summed E-state index contributed by atoms with van der Waals surface area (Å²) in [5, 5.41) is 16.4. The number of nitro benzene ring substituents is 1. The van der Waals surface area contributed by atoms with Gasteiger partial charge in [0.2, 0.25) is 5.13 Å². The Hall–Kier alpha value is -2.69. The fraction of sp³-hybridized carbons (Fsp3) is 0.0909. The molecule has 1 aromatic heterocycles. The predicted octanol–water partition coefficient (Wildman–Crippen LogP) is 3.10. The second kappa shape index (κ2) is 5.97. The van der Waals surface area contributed by atoms with Gasteiger partial charge in [-0.2, -0.15) is 18.3 Å². The van der Waals surface area contributed by atoms with Crippen molar-refractivity contribution in [2.75, 3.05) is 11.2 Å². The molecule has 3 N–H and O–H groups in total. The molecule has 0 amide bonds. The van der Waals surface area contributed by atoms with Crippen molar-refractivity contribution in [2.24, 2.45) is 5.10 Å². The maximum Gasteiger partial charge on any atom is 0.423 e. The van der Waals surface area contributed by atoms with Crippen molar-refractivity contribution in [3.63, 3.8) is 0 Å². The van der Waals surface area contributed by atoms with E-state index >= 15 is 0 Å². The largest absolute Gasteiger partial charge is 0.423 e. The molecule has 2 aromatic rings. The molecule has 1 aromatic carbocycles. The summed E-state index contributed by atoms with van der Waals surface area (Å²) in [6, 6.07) is 2.87. The summed E-state index contributed by atoms with van der Waals surface area (Å²) in [7, 11) is 0. The number of halogens is 3. The van der Waals surface area contributed by atoms with Gasteiger partial charge >= 0.3 is 6.18 Å². The number of nitrogens with zero attached hydrogens (tertiary/aromatic N) is 3. The van der Waals surface area contributed by atoms with E-state index < -0.39 is 22.4 Å².